The second kappa shape index (κ2) is 9.71. The van der Waals surface area contributed by atoms with Gasteiger partial charge in [0.1, 0.15) is 18.4 Å². The average molecular weight is 436 g/mol. The van der Waals surface area contributed by atoms with Crippen LogP contribution in [0.1, 0.15) is 18.1 Å². The Morgan fingerprint density at radius 3 is 2.37 bits per heavy atom. The number of carbonyl (C=O) groups is 2. The second-order valence-electron chi connectivity index (χ2n) is 6.99. The third kappa shape index (κ3) is 5.79. The molecule has 0 aliphatic carbocycles. The Labute approximate surface area is 176 Å². The lowest BCUT2D eigenvalue weighted by Crippen LogP contribution is -2.50. The molecule has 7 nitrogen and oxygen atoms in total. The summed E-state index contributed by atoms with van der Waals surface area (Å²) in [6.45, 7) is 3.02. The first-order valence-corrected chi connectivity index (χ1v) is 11.2. The Balaban J connectivity index is 2.40. The normalized spacial score (nSPS) is 12.2. The predicted octanol–water partition coefficient (Wildman–Crippen LogP) is 2.06. The molecule has 2 amide bonds. The molecule has 162 valence electrons. The molecule has 1 unspecified atom stereocenters. The van der Waals surface area contributed by atoms with Crippen LogP contribution in [-0.2, 0) is 26.2 Å². The maximum Gasteiger partial charge on any atom is 0.244 e. The molecule has 0 heterocycles. The van der Waals surface area contributed by atoms with E-state index in [0.717, 1.165) is 27.8 Å². The first-order chi connectivity index (χ1) is 14.0. The Bertz CT molecular complexity index is 1030. The standard InChI is InChI=1S/C21H26FN3O4S/c1-15-8-5-6-9-17(15)13-24(16(2)21(27)23-3)20(26)14-25(30(4,28)29)19-11-7-10-18(22)12-19/h5-12,16H,13-14H2,1-4H3,(H,23,27). The maximum atomic E-state index is 13.7. The lowest BCUT2D eigenvalue weighted by Gasteiger charge is -2.31. The number of aryl methyl sites for hydroxylation is 1. The number of sulfonamides is 1. The third-order valence-corrected chi connectivity index (χ3v) is 5.93. The van der Waals surface area contributed by atoms with Crippen molar-refractivity contribution in [3.63, 3.8) is 0 Å². The van der Waals surface area contributed by atoms with Gasteiger partial charge in [-0.2, -0.15) is 0 Å². The minimum Gasteiger partial charge on any atom is -0.357 e. The highest BCUT2D eigenvalue weighted by molar-refractivity contribution is 7.92. The zero-order chi connectivity index (χ0) is 22.5. The number of hydrogen-bond donors (Lipinski definition) is 1. The Morgan fingerprint density at radius 2 is 1.80 bits per heavy atom. The smallest absolute Gasteiger partial charge is 0.244 e. The van der Waals surface area contributed by atoms with Gasteiger partial charge in [-0.1, -0.05) is 30.3 Å². The van der Waals surface area contributed by atoms with Crippen molar-refractivity contribution in [1.82, 2.24) is 10.2 Å². The van der Waals surface area contributed by atoms with Gasteiger partial charge < -0.3 is 10.2 Å². The molecule has 2 aromatic rings. The van der Waals surface area contributed by atoms with E-state index >= 15 is 0 Å². The summed E-state index contributed by atoms with van der Waals surface area (Å²) in [5.41, 5.74) is 1.80. The summed E-state index contributed by atoms with van der Waals surface area (Å²) in [5, 5.41) is 2.51. The minimum absolute atomic E-state index is 0.0364. The van der Waals surface area contributed by atoms with Crippen molar-refractivity contribution in [1.29, 1.82) is 0 Å². The van der Waals surface area contributed by atoms with Crippen molar-refractivity contribution < 1.29 is 22.4 Å². The van der Waals surface area contributed by atoms with Crippen molar-refractivity contribution in [3.8, 4) is 0 Å². The second-order valence-corrected chi connectivity index (χ2v) is 8.89. The highest BCUT2D eigenvalue weighted by atomic mass is 32.2. The molecular formula is C21H26FN3O4S. The van der Waals surface area contributed by atoms with E-state index in [4.69, 9.17) is 0 Å². The molecule has 1 atom stereocenters. The first-order valence-electron chi connectivity index (χ1n) is 9.33. The molecule has 2 aromatic carbocycles. The number of benzene rings is 2. The van der Waals surface area contributed by atoms with Gasteiger partial charge in [0.2, 0.25) is 21.8 Å². The van der Waals surface area contributed by atoms with Crippen LogP contribution < -0.4 is 9.62 Å². The number of nitrogens with one attached hydrogen (secondary N) is 1. The molecule has 2 rings (SSSR count). The van der Waals surface area contributed by atoms with E-state index < -0.39 is 34.3 Å². The van der Waals surface area contributed by atoms with Crippen LogP contribution in [0.5, 0.6) is 0 Å². The van der Waals surface area contributed by atoms with Crippen LogP contribution in [-0.4, -0.2) is 51.0 Å². The molecule has 0 aliphatic heterocycles. The number of likely N-dealkylation sites (N-methyl/N-ethyl adjacent to an activating group) is 1. The molecule has 0 saturated carbocycles. The average Bonchev–Trinajstić information content (AvgIpc) is 2.69. The van der Waals surface area contributed by atoms with Gasteiger partial charge in [0.15, 0.2) is 0 Å². The fraction of sp³-hybridized carbons (Fsp3) is 0.333. The summed E-state index contributed by atoms with van der Waals surface area (Å²) < 4.78 is 39.1. The van der Waals surface area contributed by atoms with Crippen LogP contribution in [0.15, 0.2) is 48.5 Å². The Hall–Kier alpha value is -2.94. The molecule has 0 aliphatic rings. The van der Waals surface area contributed by atoms with Gasteiger partial charge in [-0.3, -0.25) is 13.9 Å². The topological polar surface area (TPSA) is 86.8 Å². The number of nitrogens with zero attached hydrogens (tertiary/aromatic N) is 2. The molecule has 30 heavy (non-hydrogen) atoms. The molecule has 0 fully saturated rings. The monoisotopic (exact) mass is 435 g/mol. The number of halogens is 1. The van der Waals surface area contributed by atoms with Gasteiger partial charge in [0.05, 0.1) is 11.9 Å². The summed E-state index contributed by atoms with van der Waals surface area (Å²) in [4.78, 5) is 26.7. The van der Waals surface area contributed by atoms with Gasteiger partial charge in [-0.15, -0.1) is 0 Å². The fourth-order valence-electron chi connectivity index (χ4n) is 3.01. The number of hydrogen-bond acceptors (Lipinski definition) is 4. The first kappa shape index (κ1) is 23.3. The van der Waals surface area contributed by atoms with Crippen molar-refractivity contribution >= 4 is 27.5 Å². The minimum atomic E-state index is -3.88. The van der Waals surface area contributed by atoms with E-state index in [9.17, 15) is 22.4 Å². The molecule has 0 saturated heterocycles. The van der Waals surface area contributed by atoms with E-state index in [0.29, 0.717) is 0 Å². The molecule has 1 N–H and O–H groups in total. The van der Waals surface area contributed by atoms with E-state index in [1.54, 1.807) is 6.92 Å². The predicted molar refractivity (Wildman–Crippen MR) is 114 cm³/mol. The number of rotatable bonds is 8. The zero-order valence-electron chi connectivity index (χ0n) is 17.4. The Kier molecular flexibility index (Phi) is 7.55. The van der Waals surface area contributed by atoms with Crippen molar-refractivity contribution in [2.45, 2.75) is 26.4 Å². The van der Waals surface area contributed by atoms with Crippen molar-refractivity contribution in [2.75, 3.05) is 24.2 Å². The number of carbonyl (C=O) groups excluding carboxylic acids is 2. The van der Waals surface area contributed by atoms with E-state index in [-0.39, 0.29) is 18.1 Å². The summed E-state index contributed by atoms with van der Waals surface area (Å²) in [5.74, 6) is -1.58. The van der Waals surface area contributed by atoms with Crippen LogP contribution in [0.2, 0.25) is 0 Å². The summed E-state index contributed by atoms with van der Waals surface area (Å²) in [6, 6.07) is 11.6. The number of anilines is 1. The Morgan fingerprint density at radius 1 is 1.13 bits per heavy atom. The third-order valence-electron chi connectivity index (χ3n) is 4.79. The lowest BCUT2D eigenvalue weighted by molar-refractivity contribution is -0.139. The van der Waals surface area contributed by atoms with Gasteiger partial charge >= 0.3 is 0 Å². The summed E-state index contributed by atoms with van der Waals surface area (Å²) >= 11 is 0. The van der Waals surface area contributed by atoms with Crippen LogP contribution in [0.4, 0.5) is 10.1 Å². The SMILES string of the molecule is CNC(=O)C(C)N(Cc1ccccc1C)C(=O)CN(c1cccc(F)c1)S(C)(=O)=O. The van der Waals surface area contributed by atoms with E-state index in [2.05, 4.69) is 5.32 Å². The molecule has 0 aromatic heterocycles. The molecule has 0 radical (unpaired) electrons. The largest absolute Gasteiger partial charge is 0.357 e. The van der Waals surface area contributed by atoms with E-state index in [1.807, 2.05) is 31.2 Å². The highest BCUT2D eigenvalue weighted by Gasteiger charge is 2.30. The highest BCUT2D eigenvalue weighted by Crippen LogP contribution is 2.20. The van der Waals surface area contributed by atoms with Gasteiger partial charge in [0.25, 0.3) is 0 Å². The summed E-state index contributed by atoms with van der Waals surface area (Å²) in [6.07, 6.45) is 0.944. The van der Waals surface area contributed by atoms with Gasteiger partial charge in [-0.05, 0) is 43.2 Å². The summed E-state index contributed by atoms with van der Waals surface area (Å²) in [7, 11) is -2.41. The van der Waals surface area contributed by atoms with Crippen LogP contribution in [0, 0.1) is 12.7 Å². The number of amides is 2. The van der Waals surface area contributed by atoms with Crippen LogP contribution >= 0.6 is 0 Å². The van der Waals surface area contributed by atoms with Crippen molar-refractivity contribution in [3.05, 3.63) is 65.5 Å². The van der Waals surface area contributed by atoms with Crippen LogP contribution in [0.25, 0.3) is 0 Å². The van der Waals surface area contributed by atoms with Crippen molar-refractivity contribution in [2.24, 2.45) is 0 Å². The fourth-order valence-corrected chi connectivity index (χ4v) is 3.85. The van der Waals surface area contributed by atoms with Gasteiger partial charge in [0, 0.05) is 13.6 Å². The maximum absolute atomic E-state index is 13.7. The zero-order valence-corrected chi connectivity index (χ0v) is 18.2. The molecular weight excluding hydrogens is 409 g/mol. The molecule has 0 spiro atoms. The lowest BCUT2D eigenvalue weighted by atomic mass is 10.1. The van der Waals surface area contributed by atoms with Gasteiger partial charge in [-0.25, -0.2) is 12.8 Å². The molecule has 9 heteroatoms. The van der Waals surface area contributed by atoms with E-state index in [1.165, 1.54) is 30.1 Å². The molecule has 0 bridgehead atoms. The van der Waals surface area contributed by atoms with Crippen LogP contribution in [0.3, 0.4) is 0 Å². The quantitative estimate of drug-likeness (QED) is 0.688.